The molecular formula is C25H29NO7S. The maximum absolute atomic E-state index is 12.8. The summed E-state index contributed by atoms with van der Waals surface area (Å²) in [6, 6.07) is 4.92. The molecule has 0 aromatic heterocycles. The molecule has 1 aromatic carbocycles. The highest BCUT2D eigenvalue weighted by atomic mass is 32.2. The van der Waals surface area contributed by atoms with Crippen molar-refractivity contribution in [1.29, 1.82) is 0 Å². The number of para-hydroxylation sites is 1. The highest BCUT2D eigenvalue weighted by Gasteiger charge is 2.26. The first-order valence-electron chi connectivity index (χ1n) is 10.5. The number of thioether (sulfide) groups is 1. The molecule has 0 heterocycles. The van der Waals surface area contributed by atoms with Crippen LogP contribution in [0.5, 0.6) is 5.75 Å². The van der Waals surface area contributed by atoms with E-state index >= 15 is 0 Å². The monoisotopic (exact) mass is 487 g/mol. The number of aromatic hydroxyl groups is 1. The van der Waals surface area contributed by atoms with Crippen LogP contribution in [0.15, 0.2) is 72.6 Å². The van der Waals surface area contributed by atoms with Gasteiger partial charge in [-0.3, -0.25) is 9.59 Å². The van der Waals surface area contributed by atoms with Crippen LogP contribution in [-0.2, 0) is 23.9 Å². The highest BCUT2D eigenvalue weighted by Crippen LogP contribution is 2.26. The summed E-state index contributed by atoms with van der Waals surface area (Å²) in [5, 5.41) is 11.9. The molecule has 1 unspecified atom stereocenters. The summed E-state index contributed by atoms with van der Waals surface area (Å²) in [5.41, 5.74) is 0.0843. The van der Waals surface area contributed by atoms with Gasteiger partial charge in [0.05, 0.1) is 12.2 Å². The number of carbonyl (C=O) groups excluding carboxylic acids is 4. The third-order valence-corrected chi connectivity index (χ3v) is 4.96. The first-order valence-corrected chi connectivity index (χ1v) is 11.5. The van der Waals surface area contributed by atoms with E-state index in [0.29, 0.717) is 6.42 Å². The fourth-order valence-corrected chi connectivity index (χ4v) is 3.43. The number of hydrogen-bond donors (Lipinski definition) is 2. The van der Waals surface area contributed by atoms with Crippen LogP contribution < -0.4 is 5.32 Å². The van der Waals surface area contributed by atoms with E-state index in [1.165, 1.54) is 25.1 Å². The molecule has 0 radical (unpaired) electrons. The lowest BCUT2D eigenvalue weighted by molar-refractivity contribution is -0.146. The molecule has 0 bridgehead atoms. The largest absolute Gasteiger partial charge is 0.507 e. The molecule has 1 aliphatic rings. The van der Waals surface area contributed by atoms with Gasteiger partial charge in [0.15, 0.2) is 0 Å². The van der Waals surface area contributed by atoms with Crippen molar-refractivity contribution in [3.8, 4) is 5.75 Å². The molecule has 1 atom stereocenters. The van der Waals surface area contributed by atoms with E-state index in [2.05, 4.69) is 11.9 Å². The van der Waals surface area contributed by atoms with E-state index in [0.717, 1.165) is 11.8 Å². The van der Waals surface area contributed by atoms with Crippen molar-refractivity contribution in [2.24, 2.45) is 0 Å². The predicted molar refractivity (Wildman–Crippen MR) is 131 cm³/mol. The summed E-state index contributed by atoms with van der Waals surface area (Å²) in [4.78, 5) is 48.7. The molecule has 34 heavy (non-hydrogen) atoms. The molecule has 8 nitrogen and oxygen atoms in total. The number of phenolic OH excluding ortho intramolecular Hbond substituents is 1. The Balaban J connectivity index is 0.00000182. The summed E-state index contributed by atoms with van der Waals surface area (Å²) in [6.07, 6.45) is 8.68. The van der Waals surface area contributed by atoms with Gasteiger partial charge in [0.1, 0.15) is 23.1 Å². The Morgan fingerprint density at radius 2 is 1.94 bits per heavy atom. The average molecular weight is 488 g/mol. The van der Waals surface area contributed by atoms with Crippen LogP contribution in [0.2, 0.25) is 0 Å². The molecular weight excluding hydrogens is 458 g/mol. The van der Waals surface area contributed by atoms with Crippen LogP contribution in [0.4, 0.5) is 0 Å². The molecule has 0 aliphatic heterocycles. The Morgan fingerprint density at radius 1 is 1.26 bits per heavy atom. The van der Waals surface area contributed by atoms with Gasteiger partial charge in [-0.2, -0.15) is 0 Å². The van der Waals surface area contributed by atoms with Gasteiger partial charge in [-0.1, -0.05) is 42.1 Å². The number of phenols is 1. The smallest absolute Gasteiger partial charge is 0.347 e. The molecule has 0 fully saturated rings. The number of rotatable bonds is 8. The van der Waals surface area contributed by atoms with Crippen molar-refractivity contribution in [3.63, 3.8) is 0 Å². The van der Waals surface area contributed by atoms with Crippen LogP contribution in [0, 0.1) is 0 Å². The van der Waals surface area contributed by atoms with Crippen molar-refractivity contribution in [2.75, 3.05) is 12.4 Å². The van der Waals surface area contributed by atoms with Crippen LogP contribution >= 0.6 is 11.8 Å². The summed E-state index contributed by atoms with van der Waals surface area (Å²) in [5.74, 6) is -2.13. The molecule has 182 valence electrons. The number of allylic oxidation sites excluding steroid dienone is 6. The number of benzene rings is 1. The quantitative estimate of drug-likeness (QED) is 0.419. The Labute approximate surface area is 203 Å². The molecule has 2 rings (SSSR count). The maximum atomic E-state index is 12.8. The molecule has 9 heteroatoms. The van der Waals surface area contributed by atoms with Crippen molar-refractivity contribution in [2.45, 2.75) is 33.2 Å². The van der Waals surface area contributed by atoms with E-state index in [1.54, 1.807) is 43.4 Å². The van der Waals surface area contributed by atoms with Gasteiger partial charge < -0.3 is 19.9 Å². The maximum Gasteiger partial charge on any atom is 0.347 e. The van der Waals surface area contributed by atoms with E-state index in [1.807, 2.05) is 6.92 Å². The second kappa shape index (κ2) is 15.3. The third-order valence-electron chi connectivity index (χ3n) is 3.98. The molecule has 1 amide bonds. The number of hydrogen-bond acceptors (Lipinski definition) is 8. The number of carbonyl (C=O) groups is 4. The molecule has 0 saturated carbocycles. The molecule has 0 saturated heterocycles. The van der Waals surface area contributed by atoms with Crippen LogP contribution in [0.25, 0.3) is 0 Å². The average Bonchev–Trinajstić information content (AvgIpc) is 3.02. The van der Waals surface area contributed by atoms with Crippen LogP contribution in [0.1, 0.15) is 37.6 Å². The van der Waals surface area contributed by atoms with Gasteiger partial charge in [-0.25, -0.2) is 9.59 Å². The summed E-state index contributed by atoms with van der Waals surface area (Å²) in [6.45, 7) is 8.29. The van der Waals surface area contributed by atoms with E-state index in [4.69, 9.17) is 9.47 Å². The van der Waals surface area contributed by atoms with E-state index in [9.17, 15) is 24.3 Å². The Hall–Kier alpha value is -3.59. The van der Waals surface area contributed by atoms with E-state index < -0.39 is 29.0 Å². The number of ether oxygens (including phenoxy) is 2. The standard InChI is InChI=1S/C22H23NO7S.C3H6/c1-3-29-21(27)17(23-14(2)24)13-31-22(28)16-10-5-4-6-12-19(16)30-20(26)15-9-7-8-11-18(15)25;1-3-2/h4-5,7-12,17,25H,3,6,13H2,1-2H3,(H,23,24);3H,1H2,2H3. The third kappa shape index (κ3) is 9.50. The molecule has 1 aliphatic carbocycles. The number of amides is 1. The van der Waals surface area contributed by atoms with Gasteiger partial charge in [0, 0.05) is 12.7 Å². The summed E-state index contributed by atoms with van der Waals surface area (Å²) < 4.78 is 10.3. The first-order chi connectivity index (χ1) is 16.2. The Bertz CT molecular complexity index is 995. The number of nitrogens with one attached hydrogen (secondary N) is 1. The second-order valence-electron chi connectivity index (χ2n) is 6.73. The lowest BCUT2D eigenvalue weighted by atomic mass is 10.2. The van der Waals surface area contributed by atoms with Crippen LogP contribution in [-0.4, -0.2) is 46.5 Å². The van der Waals surface area contributed by atoms with Gasteiger partial charge in [0.2, 0.25) is 11.0 Å². The number of esters is 2. The van der Waals surface area contributed by atoms with E-state index in [-0.39, 0.29) is 35.0 Å². The summed E-state index contributed by atoms with van der Waals surface area (Å²) in [7, 11) is 0. The summed E-state index contributed by atoms with van der Waals surface area (Å²) >= 11 is 0.788. The SMILES string of the molecule is C=CC.CCOC(=O)C(CSC(=O)C1=CC=CCC=C1OC(=O)c1ccccc1O)NC(C)=O. The van der Waals surface area contributed by atoms with Gasteiger partial charge in [0.25, 0.3) is 0 Å². The molecule has 1 aromatic rings. The van der Waals surface area contributed by atoms with Gasteiger partial charge in [-0.15, -0.1) is 6.58 Å². The molecule has 2 N–H and O–H groups in total. The topological polar surface area (TPSA) is 119 Å². The minimum atomic E-state index is -0.996. The van der Waals surface area contributed by atoms with Crippen molar-refractivity contribution < 1.29 is 33.8 Å². The first kappa shape index (κ1) is 28.4. The minimum Gasteiger partial charge on any atom is -0.507 e. The minimum absolute atomic E-state index is 0.0342. The lowest BCUT2D eigenvalue weighted by Crippen LogP contribution is -2.42. The predicted octanol–water partition coefficient (Wildman–Crippen LogP) is 3.84. The zero-order valence-electron chi connectivity index (χ0n) is 19.4. The molecule has 0 spiro atoms. The Morgan fingerprint density at radius 3 is 2.56 bits per heavy atom. The zero-order valence-corrected chi connectivity index (χ0v) is 20.2. The fraction of sp³-hybridized carbons (Fsp3) is 0.280. The normalized spacial score (nSPS) is 13.0. The van der Waals surface area contributed by atoms with Gasteiger partial charge >= 0.3 is 11.9 Å². The van der Waals surface area contributed by atoms with Crippen molar-refractivity contribution in [1.82, 2.24) is 5.32 Å². The van der Waals surface area contributed by atoms with Gasteiger partial charge in [-0.05, 0) is 44.6 Å². The zero-order chi connectivity index (χ0) is 25.5. The lowest BCUT2D eigenvalue weighted by Gasteiger charge is -2.16. The van der Waals surface area contributed by atoms with Crippen molar-refractivity contribution >= 4 is 34.7 Å². The fourth-order valence-electron chi connectivity index (χ4n) is 2.57. The van der Waals surface area contributed by atoms with Crippen LogP contribution in [0.3, 0.4) is 0 Å². The second-order valence-corrected chi connectivity index (χ2v) is 7.72. The Kier molecular flexibility index (Phi) is 12.8. The van der Waals surface area contributed by atoms with Crippen molar-refractivity contribution in [3.05, 3.63) is 78.1 Å². The highest BCUT2D eigenvalue weighted by molar-refractivity contribution is 8.14.